The molecular weight excluding hydrogens is 386 g/mol. The number of benzene rings is 1. The van der Waals surface area contributed by atoms with Gasteiger partial charge in [-0.05, 0) is 43.0 Å². The van der Waals surface area contributed by atoms with Gasteiger partial charge in [0.1, 0.15) is 18.4 Å². The van der Waals surface area contributed by atoms with Gasteiger partial charge in [0.2, 0.25) is 11.8 Å². The van der Waals surface area contributed by atoms with Crippen LogP contribution < -0.4 is 0 Å². The third-order valence-electron chi connectivity index (χ3n) is 4.98. The lowest BCUT2D eigenvalue weighted by molar-refractivity contribution is -0.131. The van der Waals surface area contributed by atoms with E-state index in [-0.39, 0.29) is 18.4 Å². The molecule has 4 aromatic rings. The Hall–Kier alpha value is -3.26. The van der Waals surface area contributed by atoms with Crippen molar-refractivity contribution in [2.45, 2.75) is 26.3 Å². The Kier molecular flexibility index (Phi) is 5.26. The molecule has 3 heterocycles. The molecule has 8 heteroatoms. The minimum atomic E-state index is -0.0729. The Morgan fingerprint density at radius 2 is 2.07 bits per heavy atom. The highest BCUT2D eigenvalue weighted by Crippen LogP contribution is 2.27. The van der Waals surface area contributed by atoms with Gasteiger partial charge in [-0.25, -0.2) is 14.6 Å². The third kappa shape index (κ3) is 3.97. The number of likely N-dealkylation sites (N-methyl/N-ethyl adjacent to an activating group) is 1. The zero-order valence-electron chi connectivity index (χ0n) is 16.4. The number of rotatable bonds is 6. The summed E-state index contributed by atoms with van der Waals surface area (Å²) in [5.41, 5.74) is 2.65. The predicted octanol–water partition coefficient (Wildman–Crippen LogP) is 4.05. The van der Waals surface area contributed by atoms with Gasteiger partial charge in [-0.2, -0.15) is 5.10 Å². The highest BCUT2D eigenvalue weighted by Gasteiger charge is 2.21. The normalized spacial score (nSPS) is 12.1. The van der Waals surface area contributed by atoms with E-state index >= 15 is 0 Å². The Bertz CT molecular complexity index is 1090. The smallest absolute Gasteiger partial charge is 0.236 e. The number of nitrogens with zero attached hydrogens (tertiary/aromatic N) is 5. The quantitative estimate of drug-likeness (QED) is 0.482. The number of amides is 1. The lowest BCUT2D eigenvalue weighted by atomic mass is 10.1. The van der Waals surface area contributed by atoms with E-state index in [2.05, 4.69) is 15.1 Å². The van der Waals surface area contributed by atoms with E-state index in [9.17, 15) is 4.79 Å². The summed E-state index contributed by atoms with van der Waals surface area (Å²) in [7, 11) is 1.81. The van der Waals surface area contributed by atoms with Crippen LogP contribution in [-0.4, -0.2) is 37.6 Å². The molecule has 0 bridgehead atoms. The number of oxazole rings is 1. The van der Waals surface area contributed by atoms with Crippen molar-refractivity contribution in [1.82, 2.24) is 24.6 Å². The monoisotopic (exact) mass is 407 g/mol. The van der Waals surface area contributed by atoms with Crippen molar-refractivity contribution in [2.24, 2.45) is 0 Å². The lowest BCUT2D eigenvalue weighted by Crippen LogP contribution is -2.31. The van der Waals surface area contributed by atoms with Crippen LogP contribution in [-0.2, 0) is 11.2 Å². The first kappa shape index (κ1) is 19.1. The minimum Gasteiger partial charge on any atom is -0.440 e. The van der Waals surface area contributed by atoms with Gasteiger partial charge in [0, 0.05) is 7.05 Å². The molecule has 0 radical (unpaired) electrons. The largest absolute Gasteiger partial charge is 0.440 e. The molecule has 7 nitrogen and oxygen atoms in total. The van der Waals surface area contributed by atoms with Gasteiger partial charge in [0.05, 0.1) is 28.7 Å². The second-order valence-corrected chi connectivity index (χ2v) is 7.74. The van der Waals surface area contributed by atoms with Crippen molar-refractivity contribution in [3.05, 3.63) is 71.5 Å². The van der Waals surface area contributed by atoms with Crippen molar-refractivity contribution in [2.75, 3.05) is 7.05 Å². The third-order valence-corrected chi connectivity index (χ3v) is 5.83. The second-order valence-electron chi connectivity index (χ2n) is 6.79. The van der Waals surface area contributed by atoms with E-state index < -0.39 is 0 Å². The van der Waals surface area contributed by atoms with E-state index in [1.54, 1.807) is 27.2 Å². The van der Waals surface area contributed by atoms with Crippen LogP contribution in [0.4, 0.5) is 0 Å². The maximum atomic E-state index is 12.9. The van der Waals surface area contributed by atoms with Crippen molar-refractivity contribution >= 4 is 17.2 Å². The number of carbonyl (C=O) groups is 1. The van der Waals surface area contributed by atoms with Crippen LogP contribution in [0.1, 0.15) is 30.0 Å². The van der Waals surface area contributed by atoms with Crippen molar-refractivity contribution in [3.8, 4) is 16.5 Å². The van der Waals surface area contributed by atoms with Crippen molar-refractivity contribution < 1.29 is 9.21 Å². The highest BCUT2D eigenvalue weighted by atomic mass is 32.1. The van der Waals surface area contributed by atoms with Crippen molar-refractivity contribution in [3.63, 3.8) is 0 Å². The van der Waals surface area contributed by atoms with Crippen LogP contribution in [0.25, 0.3) is 16.5 Å². The molecule has 4 rings (SSSR count). The van der Waals surface area contributed by atoms with Gasteiger partial charge in [0.25, 0.3) is 0 Å². The molecule has 0 saturated carbocycles. The zero-order chi connectivity index (χ0) is 20.4. The van der Waals surface area contributed by atoms with Crippen LogP contribution in [0.15, 0.2) is 58.9 Å². The van der Waals surface area contributed by atoms with E-state index in [4.69, 9.17) is 4.42 Å². The molecule has 0 aliphatic heterocycles. The van der Waals surface area contributed by atoms with Crippen LogP contribution in [0.3, 0.4) is 0 Å². The summed E-state index contributed by atoms with van der Waals surface area (Å²) >= 11 is 1.56. The maximum Gasteiger partial charge on any atom is 0.236 e. The van der Waals surface area contributed by atoms with Crippen LogP contribution >= 0.6 is 11.3 Å². The predicted molar refractivity (Wildman–Crippen MR) is 111 cm³/mol. The molecular formula is C21H21N5O2S. The van der Waals surface area contributed by atoms with Crippen LogP contribution in [0.5, 0.6) is 0 Å². The molecule has 1 amide bonds. The van der Waals surface area contributed by atoms with Crippen LogP contribution in [0.2, 0.25) is 0 Å². The first-order valence-electron chi connectivity index (χ1n) is 9.23. The Morgan fingerprint density at radius 1 is 1.28 bits per heavy atom. The maximum absolute atomic E-state index is 12.9. The Labute approximate surface area is 172 Å². The first-order chi connectivity index (χ1) is 14.0. The topological polar surface area (TPSA) is 77.0 Å². The molecule has 148 valence electrons. The highest BCUT2D eigenvalue weighted by molar-refractivity contribution is 7.13. The summed E-state index contributed by atoms with van der Waals surface area (Å²) < 4.78 is 7.44. The number of hydrogen-bond acceptors (Lipinski definition) is 6. The molecule has 3 aromatic heterocycles. The van der Waals surface area contributed by atoms with Crippen LogP contribution in [0, 0.1) is 6.92 Å². The first-order valence-corrected chi connectivity index (χ1v) is 10.1. The molecule has 29 heavy (non-hydrogen) atoms. The van der Waals surface area contributed by atoms with E-state index in [0.717, 1.165) is 16.1 Å². The fourth-order valence-electron chi connectivity index (χ4n) is 3.05. The number of aryl methyl sites for hydroxylation is 1. The summed E-state index contributed by atoms with van der Waals surface area (Å²) in [5, 5.41) is 6.10. The molecule has 0 spiro atoms. The van der Waals surface area contributed by atoms with Gasteiger partial charge in [-0.15, -0.1) is 11.3 Å². The summed E-state index contributed by atoms with van der Waals surface area (Å²) in [6.07, 6.45) is 3.36. The van der Waals surface area contributed by atoms with Gasteiger partial charge < -0.3 is 9.32 Å². The van der Waals surface area contributed by atoms with Gasteiger partial charge >= 0.3 is 0 Å². The number of aromatic nitrogens is 4. The van der Waals surface area contributed by atoms with E-state index in [1.807, 2.05) is 62.7 Å². The molecule has 0 N–H and O–H groups in total. The fraction of sp³-hybridized carbons (Fsp3) is 0.238. The second kappa shape index (κ2) is 8.00. The average Bonchev–Trinajstić information content (AvgIpc) is 3.50. The van der Waals surface area contributed by atoms with Crippen molar-refractivity contribution in [1.29, 1.82) is 0 Å². The molecule has 0 aliphatic carbocycles. The Balaban J connectivity index is 1.45. The summed E-state index contributed by atoms with van der Waals surface area (Å²) in [5.74, 6) is 1.24. The lowest BCUT2D eigenvalue weighted by Gasteiger charge is -2.25. The summed E-state index contributed by atoms with van der Waals surface area (Å²) in [6, 6.07) is 11.8. The van der Waals surface area contributed by atoms with E-state index in [1.165, 1.54) is 6.33 Å². The molecule has 0 aliphatic rings. The number of carbonyl (C=O) groups excluding carboxylic acids is 1. The van der Waals surface area contributed by atoms with Gasteiger partial charge in [-0.1, -0.05) is 18.2 Å². The molecule has 0 saturated heterocycles. The molecule has 1 aromatic carbocycles. The fourth-order valence-corrected chi connectivity index (χ4v) is 3.70. The van der Waals surface area contributed by atoms with Gasteiger partial charge in [-0.3, -0.25) is 4.79 Å². The molecule has 0 fully saturated rings. The van der Waals surface area contributed by atoms with E-state index in [0.29, 0.717) is 17.3 Å². The summed E-state index contributed by atoms with van der Waals surface area (Å²) in [4.78, 5) is 24.0. The number of thiophene rings is 1. The number of hydrogen-bond donors (Lipinski definition) is 0. The zero-order valence-corrected chi connectivity index (χ0v) is 17.3. The average molecular weight is 407 g/mol. The molecule has 1 atom stereocenters. The molecule has 0 unspecified atom stereocenters. The SMILES string of the molecule is Cc1oc(-c2cccs2)nc1CC(=O)N(C)[C@H](C)c1ccc(-n2cncn2)cc1. The minimum absolute atomic E-state index is 0.00742. The standard InChI is InChI=1S/C21H21N5O2S/c1-14(16-6-8-17(9-7-16)26-13-22-12-23-26)25(3)20(27)11-18-15(2)28-21(24-18)19-5-4-10-29-19/h4-10,12-14H,11H2,1-3H3/t14-/m1/s1. The van der Waals surface area contributed by atoms with Gasteiger partial charge in [0.15, 0.2) is 0 Å². The summed E-state index contributed by atoms with van der Waals surface area (Å²) in [6.45, 7) is 3.86. The Morgan fingerprint density at radius 3 is 2.72 bits per heavy atom.